The molecule has 0 atom stereocenters. The van der Waals surface area contributed by atoms with Gasteiger partial charge < -0.3 is 4.74 Å². The number of thiophene rings is 1. The quantitative estimate of drug-likeness (QED) is 0.765. The van der Waals surface area contributed by atoms with E-state index in [1.807, 2.05) is 6.07 Å². The Kier molecular flexibility index (Phi) is 5.61. The maximum atomic E-state index is 5.87. The first-order valence-electron chi connectivity index (χ1n) is 5.12. The molecule has 0 unspecified atom stereocenters. The summed E-state index contributed by atoms with van der Waals surface area (Å²) in [7, 11) is 2.09. The lowest BCUT2D eigenvalue weighted by Gasteiger charge is -2.16. The van der Waals surface area contributed by atoms with E-state index in [1.165, 1.54) is 4.88 Å². The Bertz CT molecular complexity index is 288. The van der Waals surface area contributed by atoms with Crippen LogP contribution >= 0.6 is 22.9 Å². The first-order chi connectivity index (χ1) is 7.08. The molecule has 1 aromatic rings. The van der Waals surface area contributed by atoms with Gasteiger partial charge in [0, 0.05) is 18.0 Å². The Morgan fingerprint density at radius 3 is 2.73 bits per heavy atom. The maximum Gasteiger partial charge on any atom is 0.0931 e. The molecule has 0 saturated carbocycles. The van der Waals surface area contributed by atoms with E-state index in [2.05, 4.69) is 31.9 Å². The van der Waals surface area contributed by atoms with Gasteiger partial charge in [-0.1, -0.05) is 11.6 Å². The van der Waals surface area contributed by atoms with E-state index >= 15 is 0 Å². The van der Waals surface area contributed by atoms with Gasteiger partial charge in [-0.25, -0.2) is 0 Å². The van der Waals surface area contributed by atoms with Crippen LogP contribution in [-0.4, -0.2) is 31.2 Å². The van der Waals surface area contributed by atoms with Crippen molar-refractivity contribution in [2.24, 2.45) is 0 Å². The Morgan fingerprint density at radius 2 is 2.20 bits per heavy atom. The average Bonchev–Trinajstić information content (AvgIpc) is 2.50. The molecule has 86 valence electrons. The molecule has 0 bridgehead atoms. The molecule has 2 nitrogen and oxygen atoms in total. The van der Waals surface area contributed by atoms with Crippen LogP contribution in [0, 0.1) is 0 Å². The second kappa shape index (κ2) is 6.48. The standard InChI is InChI=1S/C11H18ClNOS/c1-9(2)14-7-6-13(3)8-10-4-5-11(12)15-10/h4-5,9H,6-8H2,1-3H3. The number of ether oxygens (including phenoxy) is 1. The van der Waals surface area contributed by atoms with E-state index in [1.54, 1.807) is 11.3 Å². The summed E-state index contributed by atoms with van der Waals surface area (Å²) in [5.41, 5.74) is 0. The van der Waals surface area contributed by atoms with E-state index in [0.717, 1.165) is 24.0 Å². The molecule has 0 aliphatic rings. The van der Waals surface area contributed by atoms with Gasteiger partial charge in [0.15, 0.2) is 0 Å². The van der Waals surface area contributed by atoms with Crippen LogP contribution in [0.15, 0.2) is 12.1 Å². The number of hydrogen-bond donors (Lipinski definition) is 0. The molecule has 0 radical (unpaired) electrons. The number of likely N-dealkylation sites (N-methyl/N-ethyl adjacent to an activating group) is 1. The van der Waals surface area contributed by atoms with E-state index in [9.17, 15) is 0 Å². The summed E-state index contributed by atoms with van der Waals surface area (Å²) in [6, 6.07) is 4.02. The molecule has 0 fully saturated rings. The highest BCUT2D eigenvalue weighted by Crippen LogP contribution is 2.22. The average molecular weight is 248 g/mol. The zero-order valence-corrected chi connectivity index (χ0v) is 11.1. The van der Waals surface area contributed by atoms with Crippen molar-refractivity contribution in [1.29, 1.82) is 0 Å². The molecule has 15 heavy (non-hydrogen) atoms. The van der Waals surface area contributed by atoms with Crippen LogP contribution in [0.5, 0.6) is 0 Å². The highest BCUT2D eigenvalue weighted by molar-refractivity contribution is 7.16. The number of nitrogens with zero attached hydrogens (tertiary/aromatic N) is 1. The molecule has 4 heteroatoms. The van der Waals surface area contributed by atoms with Gasteiger partial charge in [-0.3, -0.25) is 4.90 Å². The largest absolute Gasteiger partial charge is 0.377 e. The minimum Gasteiger partial charge on any atom is -0.377 e. The molecule has 1 rings (SSSR count). The second-order valence-electron chi connectivity index (χ2n) is 3.86. The minimum absolute atomic E-state index is 0.314. The Balaban J connectivity index is 2.21. The summed E-state index contributed by atoms with van der Waals surface area (Å²) in [6.45, 7) is 6.79. The smallest absolute Gasteiger partial charge is 0.0931 e. The van der Waals surface area contributed by atoms with Crippen molar-refractivity contribution < 1.29 is 4.74 Å². The summed E-state index contributed by atoms with van der Waals surface area (Å²) in [5.74, 6) is 0. The van der Waals surface area contributed by atoms with Crippen molar-refractivity contribution in [2.45, 2.75) is 26.5 Å². The van der Waals surface area contributed by atoms with E-state index in [0.29, 0.717) is 6.10 Å². The molecule has 0 aliphatic carbocycles. The highest BCUT2D eigenvalue weighted by atomic mass is 35.5. The van der Waals surface area contributed by atoms with Crippen LogP contribution in [0.3, 0.4) is 0 Å². The second-order valence-corrected chi connectivity index (χ2v) is 5.66. The van der Waals surface area contributed by atoms with E-state index in [4.69, 9.17) is 16.3 Å². The molecule has 1 aromatic heterocycles. The van der Waals surface area contributed by atoms with Crippen molar-refractivity contribution in [3.05, 3.63) is 21.3 Å². The van der Waals surface area contributed by atoms with Crippen LogP contribution in [0.4, 0.5) is 0 Å². The van der Waals surface area contributed by atoms with E-state index < -0.39 is 0 Å². The summed E-state index contributed by atoms with van der Waals surface area (Å²) in [6.07, 6.45) is 0.314. The van der Waals surface area contributed by atoms with Gasteiger partial charge in [0.25, 0.3) is 0 Å². The maximum absolute atomic E-state index is 5.87. The number of rotatable bonds is 6. The van der Waals surface area contributed by atoms with Gasteiger partial charge in [-0.2, -0.15) is 0 Å². The minimum atomic E-state index is 0.314. The lowest BCUT2D eigenvalue weighted by Crippen LogP contribution is -2.23. The van der Waals surface area contributed by atoms with Crippen molar-refractivity contribution in [3.63, 3.8) is 0 Å². The van der Waals surface area contributed by atoms with Crippen molar-refractivity contribution in [2.75, 3.05) is 20.2 Å². The van der Waals surface area contributed by atoms with Gasteiger partial charge in [0.1, 0.15) is 0 Å². The van der Waals surface area contributed by atoms with E-state index in [-0.39, 0.29) is 0 Å². The predicted octanol–water partition coefficient (Wildman–Crippen LogP) is 3.26. The predicted molar refractivity (Wildman–Crippen MR) is 66.8 cm³/mol. The Hall–Kier alpha value is -0.0900. The molecule has 1 heterocycles. The van der Waals surface area contributed by atoms with Crippen molar-refractivity contribution in [3.8, 4) is 0 Å². The van der Waals surface area contributed by atoms with Crippen LogP contribution in [0.2, 0.25) is 4.34 Å². The first kappa shape index (κ1) is 13.0. The van der Waals surface area contributed by atoms with Crippen molar-refractivity contribution >= 4 is 22.9 Å². The third-order valence-electron chi connectivity index (χ3n) is 1.98. The molecular formula is C11H18ClNOS. The zero-order valence-electron chi connectivity index (χ0n) is 9.50. The molecule has 0 saturated heterocycles. The summed E-state index contributed by atoms with van der Waals surface area (Å²) < 4.78 is 6.35. The van der Waals surface area contributed by atoms with Crippen LogP contribution in [0.1, 0.15) is 18.7 Å². The molecule has 0 N–H and O–H groups in total. The third kappa shape index (κ3) is 5.52. The summed E-state index contributed by atoms with van der Waals surface area (Å²) >= 11 is 7.50. The Morgan fingerprint density at radius 1 is 1.47 bits per heavy atom. The SMILES string of the molecule is CC(C)OCCN(C)Cc1ccc(Cl)s1. The number of hydrogen-bond acceptors (Lipinski definition) is 3. The molecule has 0 spiro atoms. The van der Waals surface area contributed by atoms with Gasteiger partial charge in [-0.15, -0.1) is 11.3 Å². The zero-order chi connectivity index (χ0) is 11.3. The van der Waals surface area contributed by atoms with Crippen LogP contribution in [-0.2, 0) is 11.3 Å². The van der Waals surface area contributed by atoms with Crippen LogP contribution in [0.25, 0.3) is 0 Å². The van der Waals surface area contributed by atoms with Crippen molar-refractivity contribution in [1.82, 2.24) is 4.90 Å². The Labute approximate surface area is 101 Å². The lowest BCUT2D eigenvalue weighted by atomic mass is 10.4. The van der Waals surface area contributed by atoms with Crippen LogP contribution < -0.4 is 0 Å². The topological polar surface area (TPSA) is 12.5 Å². The monoisotopic (exact) mass is 247 g/mol. The number of halogens is 1. The molecule has 0 aliphatic heterocycles. The fourth-order valence-electron chi connectivity index (χ4n) is 1.23. The third-order valence-corrected chi connectivity index (χ3v) is 3.19. The highest BCUT2D eigenvalue weighted by Gasteiger charge is 2.03. The van der Waals surface area contributed by atoms with Gasteiger partial charge >= 0.3 is 0 Å². The fraction of sp³-hybridized carbons (Fsp3) is 0.636. The molecule has 0 aromatic carbocycles. The van der Waals surface area contributed by atoms with Gasteiger partial charge in [-0.05, 0) is 33.0 Å². The summed E-state index contributed by atoms with van der Waals surface area (Å²) in [4.78, 5) is 3.54. The lowest BCUT2D eigenvalue weighted by molar-refractivity contribution is 0.0628. The van der Waals surface area contributed by atoms with Gasteiger partial charge in [0.2, 0.25) is 0 Å². The fourth-order valence-corrected chi connectivity index (χ4v) is 2.39. The first-order valence-corrected chi connectivity index (χ1v) is 6.31. The molecular weight excluding hydrogens is 230 g/mol. The van der Waals surface area contributed by atoms with Gasteiger partial charge in [0.05, 0.1) is 17.0 Å². The summed E-state index contributed by atoms with van der Waals surface area (Å²) in [5, 5.41) is 0. The normalized spacial score (nSPS) is 11.6. The molecule has 0 amide bonds.